The third-order valence-electron chi connectivity index (χ3n) is 5.04. The fourth-order valence-corrected chi connectivity index (χ4v) is 5.26. The van der Waals surface area contributed by atoms with E-state index in [2.05, 4.69) is 14.9 Å². The van der Waals surface area contributed by atoms with Gasteiger partial charge in [-0.15, -0.1) is 0 Å². The summed E-state index contributed by atoms with van der Waals surface area (Å²) in [6.45, 7) is 1.83. The van der Waals surface area contributed by atoms with E-state index in [-0.39, 0.29) is 29.9 Å². The van der Waals surface area contributed by atoms with Crippen molar-refractivity contribution < 1.29 is 27.9 Å². The molecule has 1 amide bonds. The Morgan fingerprint density at radius 1 is 1.26 bits per heavy atom. The maximum atomic E-state index is 12.8. The lowest BCUT2D eigenvalue weighted by Crippen LogP contribution is -2.52. The number of amides is 1. The number of benzene rings is 1. The molecule has 0 bridgehead atoms. The van der Waals surface area contributed by atoms with E-state index in [1.165, 1.54) is 12.1 Å². The number of carbonyl (C=O) groups is 2. The molecule has 3 aliphatic heterocycles. The number of piperidine rings is 1. The molecule has 10 heteroatoms. The zero-order valence-electron chi connectivity index (χ0n) is 14.8. The van der Waals surface area contributed by atoms with Crippen molar-refractivity contribution >= 4 is 28.1 Å². The van der Waals surface area contributed by atoms with Crippen LogP contribution in [0.4, 0.5) is 5.69 Å². The molecule has 0 spiro atoms. The summed E-state index contributed by atoms with van der Waals surface area (Å²) in [5.74, 6) is 0.215. The molecular weight excluding hydrogens is 374 g/mol. The van der Waals surface area contributed by atoms with Crippen LogP contribution in [0.15, 0.2) is 23.1 Å². The number of carbonyl (C=O) groups excluding carboxylic acids is 1. The Hall–Kier alpha value is -2.17. The molecule has 0 radical (unpaired) electrons. The van der Waals surface area contributed by atoms with Gasteiger partial charge in [-0.25, -0.2) is 13.1 Å². The van der Waals surface area contributed by atoms with E-state index in [0.717, 1.165) is 38.8 Å². The molecular formula is C17H23N3O6S. The molecule has 2 fully saturated rings. The molecule has 148 valence electrons. The van der Waals surface area contributed by atoms with Gasteiger partial charge in [0.2, 0.25) is 10.0 Å². The van der Waals surface area contributed by atoms with Crippen LogP contribution >= 0.6 is 0 Å². The molecule has 0 unspecified atom stereocenters. The maximum Gasteiger partial charge on any atom is 0.290 e. The minimum atomic E-state index is -3.63. The standard InChI is InChI=1S/C16H21N3O4S.CH2O2/c20-16-10-23-15-6-5-11(9-13(15)17-16)24(21,22)18-12-3-1-7-19-8-2-4-14(12)19;2-1-3/h5-6,9,12,14,18H,1-4,7-8,10H2,(H,17,20);1H,(H,2,3)/t12-,14-;/m0./s1. The number of nitrogens with zero attached hydrogens (tertiary/aromatic N) is 1. The van der Waals surface area contributed by atoms with Gasteiger partial charge in [0.25, 0.3) is 12.4 Å². The van der Waals surface area contributed by atoms with Gasteiger partial charge >= 0.3 is 0 Å². The predicted octanol–water partition coefficient (Wildman–Crippen LogP) is 0.623. The van der Waals surface area contributed by atoms with Gasteiger partial charge in [0, 0.05) is 12.1 Å². The zero-order valence-corrected chi connectivity index (χ0v) is 15.6. The Bertz CT molecular complexity index is 813. The van der Waals surface area contributed by atoms with Crippen molar-refractivity contribution in [3.8, 4) is 5.75 Å². The topological polar surface area (TPSA) is 125 Å². The highest BCUT2D eigenvalue weighted by atomic mass is 32.2. The lowest BCUT2D eigenvalue weighted by molar-refractivity contribution is -0.123. The Labute approximate surface area is 157 Å². The SMILES string of the molecule is O=C1COc2ccc(S(=O)(=O)N[C@H]3CCCN4CCC[C@@H]34)cc2N1.O=CO. The van der Waals surface area contributed by atoms with Crippen LogP contribution in [-0.2, 0) is 19.6 Å². The lowest BCUT2D eigenvalue weighted by Gasteiger charge is -2.36. The summed E-state index contributed by atoms with van der Waals surface area (Å²) in [5, 5.41) is 9.54. The molecule has 0 aliphatic carbocycles. The van der Waals surface area contributed by atoms with Crippen LogP contribution in [0.3, 0.4) is 0 Å². The van der Waals surface area contributed by atoms with Gasteiger partial charge in [0.05, 0.1) is 10.6 Å². The van der Waals surface area contributed by atoms with E-state index in [1.807, 2.05) is 0 Å². The maximum absolute atomic E-state index is 12.8. The fourth-order valence-electron chi connectivity index (χ4n) is 3.93. The van der Waals surface area contributed by atoms with Crippen LogP contribution in [0.25, 0.3) is 0 Å². The van der Waals surface area contributed by atoms with E-state index in [9.17, 15) is 13.2 Å². The third-order valence-corrected chi connectivity index (χ3v) is 6.53. The minimum absolute atomic E-state index is 0.0447. The molecule has 1 aromatic carbocycles. The molecule has 9 nitrogen and oxygen atoms in total. The predicted molar refractivity (Wildman–Crippen MR) is 97.2 cm³/mol. The molecule has 2 saturated heterocycles. The summed E-state index contributed by atoms with van der Waals surface area (Å²) in [5.41, 5.74) is 0.403. The molecule has 1 aromatic rings. The van der Waals surface area contributed by atoms with Crippen molar-refractivity contribution in [1.29, 1.82) is 0 Å². The van der Waals surface area contributed by atoms with Crippen LogP contribution in [0.2, 0.25) is 0 Å². The van der Waals surface area contributed by atoms with Crippen molar-refractivity contribution in [1.82, 2.24) is 9.62 Å². The Kier molecular flexibility index (Phi) is 5.98. The normalized spacial score (nSPS) is 24.5. The highest BCUT2D eigenvalue weighted by Gasteiger charge is 2.37. The minimum Gasteiger partial charge on any atom is -0.483 e. The van der Waals surface area contributed by atoms with Crippen LogP contribution in [-0.4, -0.2) is 62.6 Å². The van der Waals surface area contributed by atoms with Crippen LogP contribution in [0, 0.1) is 0 Å². The first kappa shape index (κ1) is 19.6. The van der Waals surface area contributed by atoms with E-state index in [0.29, 0.717) is 17.5 Å². The van der Waals surface area contributed by atoms with Crippen molar-refractivity contribution in [2.75, 3.05) is 25.0 Å². The lowest BCUT2D eigenvalue weighted by atomic mass is 9.97. The van der Waals surface area contributed by atoms with Crippen molar-refractivity contribution in [3.05, 3.63) is 18.2 Å². The number of rotatable bonds is 3. The monoisotopic (exact) mass is 397 g/mol. The van der Waals surface area contributed by atoms with Crippen molar-refractivity contribution in [3.63, 3.8) is 0 Å². The summed E-state index contributed by atoms with van der Waals surface area (Å²) in [6.07, 6.45) is 4.05. The first-order valence-corrected chi connectivity index (χ1v) is 10.3. The molecule has 27 heavy (non-hydrogen) atoms. The van der Waals surface area contributed by atoms with E-state index >= 15 is 0 Å². The van der Waals surface area contributed by atoms with Gasteiger partial charge in [-0.05, 0) is 57.0 Å². The quantitative estimate of drug-likeness (QED) is 0.639. The second-order valence-electron chi connectivity index (χ2n) is 6.72. The smallest absolute Gasteiger partial charge is 0.290 e. The number of hydrogen-bond donors (Lipinski definition) is 3. The highest BCUT2D eigenvalue weighted by molar-refractivity contribution is 7.89. The summed E-state index contributed by atoms with van der Waals surface area (Å²) in [7, 11) is -3.63. The Morgan fingerprint density at radius 3 is 2.70 bits per heavy atom. The summed E-state index contributed by atoms with van der Waals surface area (Å²) in [4.78, 5) is 22.3. The van der Waals surface area contributed by atoms with Gasteiger partial charge in [-0.1, -0.05) is 0 Å². The molecule has 0 aromatic heterocycles. The van der Waals surface area contributed by atoms with Crippen LogP contribution in [0.5, 0.6) is 5.75 Å². The number of fused-ring (bicyclic) bond motifs is 2. The number of anilines is 1. The first-order valence-electron chi connectivity index (χ1n) is 8.85. The molecule has 3 aliphatic rings. The molecule has 3 heterocycles. The van der Waals surface area contributed by atoms with Gasteiger partial charge in [0.1, 0.15) is 5.75 Å². The number of hydrogen-bond acceptors (Lipinski definition) is 6. The van der Waals surface area contributed by atoms with Crippen molar-refractivity contribution in [2.45, 2.75) is 42.7 Å². The second-order valence-corrected chi connectivity index (χ2v) is 8.43. The van der Waals surface area contributed by atoms with E-state index in [1.54, 1.807) is 6.07 Å². The summed E-state index contributed by atoms with van der Waals surface area (Å²) in [6, 6.07) is 4.83. The number of ether oxygens (including phenoxy) is 1. The van der Waals surface area contributed by atoms with Gasteiger partial charge in [-0.2, -0.15) is 0 Å². The van der Waals surface area contributed by atoms with Crippen LogP contribution < -0.4 is 14.8 Å². The average Bonchev–Trinajstić information content (AvgIpc) is 3.11. The fraction of sp³-hybridized carbons (Fsp3) is 0.529. The van der Waals surface area contributed by atoms with E-state index < -0.39 is 10.0 Å². The van der Waals surface area contributed by atoms with Crippen LogP contribution in [0.1, 0.15) is 25.7 Å². The molecule has 2 atom stereocenters. The number of nitrogens with one attached hydrogen (secondary N) is 2. The highest BCUT2D eigenvalue weighted by Crippen LogP contribution is 2.31. The largest absolute Gasteiger partial charge is 0.483 e. The average molecular weight is 397 g/mol. The molecule has 0 saturated carbocycles. The van der Waals surface area contributed by atoms with Gasteiger partial charge in [0.15, 0.2) is 6.61 Å². The number of sulfonamides is 1. The zero-order chi connectivity index (χ0) is 19.4. The Balaban J connectivity index is 0.000000659. The second kappa shape index (κ2) is 8.24. The molecule has 3 N–H and O–H groups in total. The third kappa shape index (κ3) is 4.40. The number of carboxylic acid groups (broad SMARTS) is 1. The van der Waals surface area contributed by atoms with Gasteiger partial charge < -0.3 is 15.2 Å². The van der Waals surface area contributed by atoms with Crippen molar-refractivity contribution in [2.24, 2.45) is 0 Å². The molecule has 4 rings (SSSR count). The van der Waals surface area contributed by atoms with Gasteiger partial charge in [-0.3, -0.25) is 14.5 Å². The van der Waals surface area contributed by atoms with E-state index in [4.69, 9.17) is 14.6 Å². The Morgan fingerprint density at radius 2 is 1.96 bits per heavy atom. The summed E-state index contributed by atoms with van der Waals surface area (Å²) >= 11 is 0. The first-order chi connectivity index (χ1) is 12.9. The summed E-state index contributed by atoms with van der Waals surface area (Å²) < 4.78 is 33.7.